The van der Waals surface area contributed by atoms with Crippen LogP contribution in [0.4, 0.5) is 0 Å². The Morgan fingerprint density at radius 2 is 1.48 bits per heavy atom. The van der Waals surface area contributed by atoms with Crippen LogP contribution in [0, 0.1) is 24.2 Å². The zero-order valence-electron chi connectivity index (χ0n) is 22.8. The standard InChI is InChI=1S/C30H31NO8S/c1-18-10-12-20(13-11-18)40(35,36)31-16-23-21-14-30(28(33)38-3,29(34)39-4)15-22(21)26(27(32)37-2)25(24(23)17-31)19-8-6-5-7-9-19/h5-13,21,23H,14-17H2,1-4H3/t21-,23+/m0/s1. The van der Waals surface area contributed by atoms with Crippen molar-refractivity contribution >= 4 is 33.5 Å². The lowest BCUT2D eigenvalue weighted by Crippen LogP contribution is -2.39. The minimum atomic E-state index is -3.88. The van der Waals surface area contributed by atoms with E-state index >= 15 is 0 Å². The smallest absolute Gasteiger partial charge is 0.338 e. The molecular formula is C30H31NO8S. The summed E-state index contributed by atoms with van der Waals surface area (Å²) in [6.07, 6.45) is -0.0664. The fourth-order valence-electron chi connectivity index (χ4n) is 6.44. The lowest BCUT2D eigenvalue weighted by atomic mass is 9.72. The van der Waals surface area contributed by atoms with Crippen LogP contribution in [-0.2, 0) is 38.6 Å². The molecule has 5 rings (SSSR count). The van der Waals surface area contributed by atoms with E-state index in [0.717, 1.165) is 16.7 Å². The van der Waals surface area contributed by atoms with Gasteiger partial charge in [0.05, 0.1) is 31.8 Å². The van der Waals surface area contributed by atoms with E-state index in [1.165, 1.54) is 25.6 Å². The maximum absolute atomic E-state index is 13.8. The van der Waals surface area contributed by atoms with Gasteiger partial charge < -0.3 is 14.2 Å². The molecule has 9 nitrogen and oxygen atoms in total. The van der Waals surface area contributed by atoms with Crippen molar-refractivity contribution in [2.75, 3.05) is 34.4 Å². The number of hydrogen-bond donors (Lipinski definition) is 0. The Balaban J connectivity index is 1.72. The van der Waals surface area contributed by atoms with Crippen LogP contribution in [0.15, 0.2) is 76.2 Å². The molecule has 40 heavy (non-hydrogen) atoms. The Morgan fingerprint density at radius 1 is 0.850 bits per heavy atom. The first-order valence-electron chi connectivity index (χ1n) is 12.9. The SMILES string of the molecule is COC(=O)C1=C2CC(C(=O)OC)(C(=O)OC)C[C@@H]2[C@H]2CN(S(=O)(=O)c3ccc(C)cc3)CC2=C1c1ccccc1. The van der Waals surface area contributed by atoms with Crippen LogP contribution in [0.5, 0.6) is 0 Å². The molecule has 1 heterocycles. The zero-order valence-corrected chi connectivity index (χ0v) is 23.6. The Labute approximate surface area is 233 Å². The monoisotopic (exact) mass is 565 g/mol. The van der Waals surface area contributed by atoms with Gasteiger partial charge in [0.15, 0.2) is 5.41 Å². The average molecular weight is 566 g/mol. The van der Waals surface area contributed by atoms with E-state index in [0.29, 0.717) is 11.1 Å². The van der Waals surface area contributed by atoms with Crippen molar-refractivity contribution in [3.8, 4) is 0 Å². The molecule has 2 aliphatic carbocycles. The summed E-state index contributed by atoms with van der Waals surface area (Å²) in [4.78, 5) is 39.8. The third-order valence-electron chi connectivity index (χ3n) is 8.34. The molecule has 0 N–H and O–H groups in total. The van der Waals surface area contributed by atoms with Crippen molar-refractivity contribution in [1.29, 1.82) is 0 Å². The largest absolute Gasteiger partial charge is 0.468 e. The predicted molar refractivity (Wildman–Crippen MR) is 145 cm³/mol. The summed E-state index contributed by atoms with van der Waals surface area (Å²) < 4.78 is 44.3. The van der Waals surface area contributed by atoms with Crippen LogP contribution in [0.2, 0.25) is 0 Å². The number of sulfonamides is 1. The summed E-state index contributed by atoms with van der Waals surface area (Å²) >= 11 is 0. The summed E-state index contributed by atoms with van der Waals surface area (Å²) in [5.41, 5.74) is 2.16. The third-order valence-corrected chi connectivity index (χ3v) is 10.2. The molecule has 0 radical (unpaired) electrons. The molecule has 1 aliphatic heterocycles. The van der Waals surface area contributed by atoms with Gasteiger partial charge in [-0.3, -0.25) is 9.59 Å². The van der Waals surface area contributed by atoms with Gasteiger partial charge in [-0.05, 0) is 60.1 Å². The molecule has 0 spiro atoms. The minimum absolute atomic E-state index is 0.0246. The average Bonchev–Trinajstić information content (AvgIpc) is 3.59. The second-order valence-electron chi connectivity index (χ2n) is 10.4. The highest BCUT2D eigenvalue weighted by molar-refractivity contribution is 7.89. The molecule has 2 fully saturated rings. The fourth-order valence-corrected chi connectivity index (χ4v) is 7.88. The Bertz CT molecular complexity index is 1520. The molecule has 1 saturated heterocycles. The number of carbonyl (C=O) groups is 3. The molecule has 2 aromatic rings. The first-order chi connectivity index (χ1) is 19.1. The highest BCUT2D eigenvalue weighted by Gasteiger charge is 2.61. The number of carbonyl (C=O) groups excluding carboxylic acids is 3. The van der Waals surface area contributed by atoms with Crippen molar-refractivity contribution in [2.24, 2.45) is 17.3 Å². The van der Waals surface area contributed by atoms with Crippen molar-refractivity contribution < 1.29 is 37.0 Å². The Kier molecular flexibility index (Phi) is 7.18. The van der Waals surface area contributed by atoms with Crippen molar-refractivity contribution in [2.45, 2.75) is 24.7 Å². The number of esters is 3. The van der Waals surface area contributed by atoms with Gasteiger partial charge in [-0.25, -0.2) is 13.2 Å². The minimum Gasteiger partial charge on any atom is -0.468 e. The number of benzene rings is 2. The topological polar surface area (TPSA) is 116 Å². The number of methoxy groups -OCH3 is 3. The van der Waals surface area contributed by atoms with Crippen molar-refractivity contribution in [3.63, 3.8) is 0 Å². The van der Waals surface area contributed by atoms with Crippen molar-refractivity contribution in [3.05, 3.63) is 82.4 Å². The predicted octanol–water partition coefficient (Wildman–Crippen LogP) is 3.29. The molecule has 1 saturated carbocycles. The summed E-state index contributed by atoms with van der Waals surface area (Å²) in [7, 11) is -0.200. The van der Waals surface area contributed by atoms with Gasteiger partial charge in [-0.2, -0.15) is 4.31 Å². The second kappa shape index (κ2) is 10.3. The van der Waals surface area contributed by atoms with E-state index in [9.17, 15) is 22.8 Å². The van der Waals surface area contributed by atoms with E-state index in [-0.39, 0.29) is 42.3 Å². The maximum Gasteiger partial charge on any atom is 0.338 e. The van der Waals surface area contributed by atoms with Gasteiger partial charge >= 0.3 is 17.9 Å². The van der Waals surface area contributed by atoms with Gasteiger partial charge in [0.1, 0.15) is 0 Å². The summed E-state index contributed by atoms with van der Waals surface area (Å²) in [5.74, 6) is -2.98. The summed E-state index contributed by atoms with van der Waals surface area (Å²) in [6, 6.07) is 15.9. The number of ether oxygens (including phenoxy) is 3. The lowest BCUT2D eigenvalue weighted by Gasteiger charge is -2.31. The zero-order chi connectivity index (χ0) is 28.8. The Hall–Kier alpha value is -3.76. The van der Waals surface area contributed by atoms with E-state index in [4.69, 9.17) is 14.2 Å². The van der Waals surface area contributed by atoms with E-state index in [1.807, 2.05) is 37.3 Å². The van der Waals surface area contributed by atoms with E-state index < -0.39 is 39.3 Å². The van der Waals surface area contributed by atoms with Crippen molar-refractivity contribution in [1.82, 2.24) is 4.31 Å². The van der Waals surface area contributed by atoms with Crippen LogP contribution in [0.1, 0.15) is 24.0 Å². The first-order valence-corrected chi connectivity index (χ1v) is 14.4. The maximum atomic E-state index is 13.8. The highest BCUT2D eigenvalue weighted by atomic mass is 32.2. The molecule has 2 aromatic carbocycles. The van der Waals surface area contributed by atoms with Crippen LogP contribution in [-0.4, -0.2) is 65.0 Å². The van der Waals surface area contributed by atoms with Crippen LogP contribution >= 0.6 is 0 Å². The molecule has 0 aromatic heterocycles. The van der Waals surface area contributed by atoms with Gasteiger partial charge in [0.2, 0.25) is 10.0 Å². The molecule has 3 aliphatic rings. The normalized spacial score (nSPS) is 22.0. The van der Waals surface area contributed by atoms with Crippen LogP contribution < -0.4 is 0 Å². The molecule has 0 unspecified atom stereocenters. The molecule has 0 amide bonds. The molecule has 2 atom stereocenters. The molecule has 210 valence electrons. The number of fused-ring (bicyclic) bond motifs is 3. The quantitative estimate of drug-likeness (QED) is 0.298. The molecular weight excluding hydrogens is 534 g/mol. The first kappa shape index (κ1) is 27.8. The summed E-state index contributed by atoms with van der Waals surface area (Å²) in [6.45, 7) is 2.07. The van der Waals surface area contributed by atoms with Crippen LogP contribution in [0.3, 0.4) is 0 Å². The number of rotatable bonds is 6. The lowest BCUT2D eigenvalue weighted by molar-refractivity contribution is -0.168. The third kappa shape index (κ3) is 4.26. The molecule has 10 heteroatoms. The highest BCUT2D eigenvalue weighted by Crippen LogP contribution is 2.58. The van der Waals surface area contributed by atoms with E-state index in [1.54, 1.807) is 24.3 Å². The van der Waals surface area contributed by atoms with Crippen LogP contribution in [0.25, 0.3) is 5.57 Å². The summed E-state index contributed by atoms with van der Waals surface area (Å²) in [5, 5.41) is 0. The van der Waals surface area contributed by atoms with Gasteiger partial charge in [-0.1, -0.05) is 48.0 Å². The Morgan fingerprint density at radius 3 is 2.05 bits per heavy atom. The van der Waals surface area contributed by atoms with Gasteiger partial charge in [0.25, 0.3) is 0 Å². The number of hydrogen-bond acceptors (Lipinski definition) is 8. The number of nitrogens with zero attached hydrogens (tertiary/aromatic N) is 1. The van der Waals surface area contributed by atoms with Gasteiger partial charge in [-0.15, -0.1) is 0 Å². The molecule has 0 bridgehead atoms. The number of aryl methyl sites for hydroxylation is 1. The van der Waals surface area contributed by atoms with Gasteiger partial charge in [0, 0.05) is 19.0 Å². The second-order valence-corrected chi connectivity index (χ2v) is 12.4. The number of allylic oxidation sites excluding steroid dienone is 1. The van der Waals surface area contributed by atoms with E-state index in [2.05, 4.69) is 0 Å². The fraction of sp³-hybridized carbons (Fsp3) is 0.367.